The molecule has 1 N–H and O–H groups in total. The van der Waals surface area contributed by atoms with Crippen LogP contribution in [0.3, 0.4) is 0 Å². The highest BCUT2D eigenvalue weighted by atomic mass is 32.2. The molecule has 0 rings (SSSR count). The standard InChI is InChI=1S/C5H12O2S.FH/c1-5(2)3-4-8(6)7;/h5H,3-4H2,1-2H3,(H,6,7);1H. The van der Waals surface area contributed by atoms with E-state index in [2.05, 4.69) is 0 Å². The van der Waals surface area contributed by atoms with Crippen LogP contribution < -0.4 is 0 Å². The topological polar surface area (TPSA) is 37.3 Å². The minimum Gasteiger partial charge on any atom is -0.306 e. The molecule has 2 nitrogen and oxygen atoms in total. The summed E-state index contributed by atoms with van der Waals surface area (Å²) in [6, 6.07) is 0. The van der Waals surface area contributed by atoms with Gasteiger partial charge in [-0.15, -0.1) is 0 Å². The summed E-state index contributed by atoms with van der Waals surface area (Å²) in [7, 11) is 0. The molecule has 0 spiro atoms. The second-order valence-electron chi connectivity index (χ2n) is 2.21. The van der Waals surface area contributed by atoms with Crippen molar-refractivity contribution in [3.63, 3.8) is 0 Å². The lowest BCUT2D eigenvalue weighted by atomic mass is 10.2. The van der Waals surface area contributed by atoms with Gasteiger partial charge >= 0.3 is 0 Å². The number of hydrogen-bond donors (Lipinski definition) is 1. The predicted molar refractivity (Wildman–Crippen MR) is 37.6 cm³/mol. The first-order chi connectivity index (χ1) is 3.63. The molecule has 0 bridgehead atoms. The highest BCUT2D eigenvalue weighted by molar-refractivity contribution is 7.79. The van der Waals surface area contributed by atoms with Crippen molar-refractivity contribution in [1.82, 2.24) is 0 Å². The normalized spacial score (nSPS) is 12.9. The van der Waals surface area contributed by atoms with Gasteiger partial charge in [-0.05, 0) is 12.3 Å². The zero-order valence-corrected chi connectivity index (χ0v) is 6.48. The van der Waals surface area contributed by atoms with E-state index >= 15 is 0 Å². The monoisotopic (exact) mass is 156 g/mol. The Morgan fingerprint density at radius 1 is 1.56 bits per heavy atom. The first-order valence-corrected chi connectivity index (χ1v) is 3.98. The minimum atomic E-state index is -1.59. The Morgan fingerprint density at radius 3 is 2.11 bits per heavy atom. The van der Waals surface area contributed by atoms with E-state index in [1.54, 1.807) is 0 Å². The zero-order chi connectivity index (χ0) is 6.57. The highest BCUT2D eigenvalue weighted by Crippen LogP contribution is 1.98. The maximum Gasteiger partial charge on any atom is 0.152 e. The van der Waals surface area contributed by atoms with Crippen LogP contribution in [0.1, 0.15) is 20.3 Å². The summed E-state index contributed by atoms with van der Waals surface area (Å²) in [5.41, 5.74) is 0. The van der Waals surface area contributed by atoms with Gasteiger partial charge in [0.05, 0.1) is 0 Å². The third-order valence-electron chi connectivity index (χ3n) is 0.870. The Hall–Kier alpha value is 0.0400. The van der Waals surface area contributed by atoms with Gasteiger partial charge in [-0.25, -0.2) is 4.21 Å². The van der Waals surface area contributed by atoms with Gasteiger partial charge in [0.1, 0.15) is 0 Å². The van der Waals surface area contributed by atoms with E-state index in [1.165, 1.54) is 0 Å². The number of halogens is 1. The third kappa shape index (κ3) is 11.5. The van der Waals surface area contributed by atoms with Gasteiger partial charge in [0, 0.05) is 5.75 Å². The number of rotatable bonds is 3. The Balaban J connectivity index is 0. The second kappa shape index (κ2) is 6.16. The van der Waals surface area contributed by atoms with E-state index in [1.807, 2.05) is 13.8 Å². The summed E-state index contributed by atoms with van der Waals surface area (Å²) in [4.78, 5) is 0. The van der Waals surface area contributed by atoms with Crippen LogP contribution in [-0.2, 0) is 11.1 Å². The molecule has 0 aliphatic carbocycles. The largest absolute Gasteiger partial charge is 0.306 e. The summed E-state index contributed by atoms with van der Waals surface area (Å²) in [6.07, 6.45) is 0.836. The summed E-state index contributed by atoms with van der Waals surface area (Å²) >= 11 is -1.59. The van der Waals surface area contributed by atoms with Gasteiger partial charge in [0.15, 0.2) is 11.1 Å². The summed E-state index contributed by atoms with van der Waals surface area (Å²) < 4.78 is 18.3. The zero-order valence-electron chi connectivity index (χ0n) is 5.66. The van der Waals surface area contributed by atoms with Gasteiger partial charge in [0.2, 0.25) is 0 Å². The molecule has 0 amide bonds. The predicted octanol–water partition coefficient (Wildman–Crippen LogP) is 1.41. The first kappa shape index (κ1) is 11.8. The Labute approximate surface area is 57.3 Å². The van der Waals surface area contributed by atoms with Crippen LogP contribution in [0.2, 0.25) is 0 Å². The van der Waals surface area contributed by atoms with Crippen LogP contribution in [0.5, 0.6) is 0 Å². The van der Waals surface area contributed by atoms with E-state index in [9.17, 15) is 4.21 Å². The lowest BCUT2D eigenvalue weighted by Crippen LogP contribution is -1.98. The van der Waals surface area contributed by atoms with Crippen LogP contribution in [0.25, 0.3) is 0 Å². The number of hydrogen-bond acceptors (Lipinski definition) is 1. The van der Waals surface area contributed by atoms with Crippen molar-refractivity contribution < 1.29 is 13.5 Å². The SMILES string of the molecule is CC(C)CCS(=O)O.F. The molecule has 0 aromatic rings. The first-order valence-electron chi connectivity index (χ1n) is 2.70. The molecule has 0 aromatic heterocycles. The van der Waals surface area contributed by atoms with Gasteiger partial charge in [-0.2, -0.15) is 0 Å². The average Bonchev–Trinajstić information content (AvgIpc) is 1.61. The Bertz CT molecular complexity index is 85.0. The van der Waals surface area contributed by atoms with Gasteiger partial charge in [-0.3, -0.25) is 4.70 Å². The molecule has 0 saturated heterocycles. The van der Waals surface area contributed by atoms with Crippen molar-refractivity contribution in [2.45, 2.75) is 20.3 Å². The molecule has 0 heterocycles. The molecule has 1 atom stereocenters. The Morgan fingerprint density at radius 2 is 2.00 bits per heavy atom. The van der Waals surface area contributed by atoms with Crippen molar-refractivity contribution in [3.05, 3.63) is 0 Å². The minimum absolute atomic E-state index is 0. The second-order valence-corrected chi connectivity index (χ2v) is 3.26. The molecule has 0 fully saturated rings. The fourth-order valence-corrected chi connectivity index (χ4v) is 1.01. The smallest absolute Gasteiger partial charge is 0.152 e. The molecular formula is C5H13FO2S. The molecule has 0 aromatic carbocycles. The van der Waals surface area contributed by atoms with E-state index < -0.39 is 11.1 Å². The average molecular weight is 156 g/mol. The van der Waals surface area contributed by atoms with Crippen LogP contribution in [0.4, 0.5) is 4.70 Å². The van der Waals surface area contributed by atoms with Crippen LogP contribution >= 0.6 is 0 Å². The highest BCUT2D eigenvalue weighted by Gasteiger charge is 1.95. The molecule has 0 saturated carbocycles. The molecule has 0 radical (unpaired) electrons. The van der Waals surface area contributed by atoms with Gasteiger partial charge in [0.25, 0.3) is 0 Å². The molecule has 4 heteroatoms. The van der Waals surface area contributed by atoms with Crippen molar-refractivity contribution >= 4 is 11.1 Å². The van der Waals surface area contributed by atoms with Crippen LogP contribution in [-0.4, -0.2) is 14.5 Å². The van der Waals surface area contributed by atoms with Crippen molar-refractivity contribution in [2.24, 2.45) is 5.92 Å². The van der Waals surface area contributed by atoms with Crippen molar-refractivity contribution in [2.75, 3.05) is 5.75 Å². The summed E-state index contributed by atoms with van der Waals surface area (Å²) in [5.74, 6) is 0.948. The van der Waals surface area contributed by atoms with Gasteiger partial charge < -0.3 is 4.55 Å². The summed E-state index contributed by atoms with van der Waals surface area (Å²) in [5, 5.41) is 0. The fourth-order valence-electron chi connectivity index (χ4n) is 0.337. The van der Waals surface area contributed by atoms with E-state index in [-0.39, 0.29) is 4.70 Å². The molecule has 9 heavy (non-hydrogen) atoms. The maximum atomic E-state index is 10.0. The van der Waals surface area contributed by atoms with E-state index in [4.69, 9.17) is 4.55 Å². The van der Waals surface area contributed by atoms with Crippen LogP contribution in [0.15, 0.2) is 0 Å². The lowest BCUT2D eigenvalue weighted by Gasteiger charge is -1.98. The third-order valence-corrected chi connectivity index (χ3v) is 1.45. The quantitative estimate of drug-likeness (QED) is 0.627. The van der Waals surface area contributed by atoms with E-state index in [0.29, 0.717) is 11.7 Å². The fraction of sp³-hybridized carbons (Fsp3) is 1.00. The molecule has 0 aliphatic heterocycles. The van der Waals surface area contributed by atoms with Crippen molar-refractivity contribution in [3.8, 4) is 0 Å². The maximum absolute atomic E-state index is 10.0. The Kier molecular flexibility index (Phi) is 8.08. The molecule has 0 aliphatic rings. The molecule has 58 valence electrons. The summed E-state index contributed by atoms with van der Waals surface area (Å²) in [6.45, 7) is 4.07. The van der Waals surface area contributed by atoms with E-state index in [0.717, 1.165) is 6.42 Å². The lowest BCUT2D eigenvalue weighted by molar-refractivity contribution is 0.547. The molecule has 1 unspecified atom stereocenters. The molecular weight excluding hydrogens is 143 g/mol. The van der Waals surface area contributed by atoms with Crippen molar-refractivity contribution in [1.29, 1.82) is 0 Å². The van der Waals surface area contributed by atoms with Gasteiger partial charge in [-0.1, -0.05) is 13.8 Å². The van der Waals surface area contributed by atoms with Crippen LogP contribution in [0, 0.1) is 5.92 Å².